The molecule has 70 valence electrons. The average molecular weight is 190 g/mol. The van der Waals surface area contributed by atoms with E-state index in [0.717, 1.165) is 12.8 Å². The van der Waals surface area contributed by atoms with Gasteiger partial charge in [-0.3, -0.25) is 0 Å². The second-order valence-corrected chi connectivity index (χ2v) is 4.96. The molecule has 0 amide bonds. The second kappa shape index (κ2) is 3.55. The minimum atomic E-state index is -3.24. The Kier molecular flexibility index (Phi) is 2.87. The molecule has 0 spiro atoms. The lowest BCUT2D eigenvalue weighted by molar-refractivity contribution is 0.489. The van der Waals surface area contributed by atoms with Crippen LogP contribution in [0.2, 0.25) is 0 Å². The third-order valence-electron chi connectivity index (χ3n) is 1.80. The SMILES string of the molecule is CN(C)S(=O)(=O)NC1CC=CC1. The van der Waals surface area contributed by atoms with Crippen LogP contribution in [0.4, 0.5) is 0 Å². The van der Waals surface area contributed by atoms with Crippen molar-refractivity contribution in [3.63, 3.8) is 0 Å². The third-order valence-corrected chi connectivity index (χ3v) is 3.40. The summed E-state index contributed by atoms with van der Waals surface area (Å²) in [5.41, 5.74) is 0. The van der Waals surface area contributed by atoms with Gasteiger partial charge in [0.1, 0.15) is 0 Å². The van der Waals surface area contributed by atoms with Crippen LogP contribution >= 0.6 is 0 Å². The molecular formula is C7H14N2O2S. The Bertz CT molecular complexity index is 261. The Labute approximate surface area is 73.4 Å². The molecule has 0 heterocycles. The summed E-state index contributed by atoms with van der Waals surface area (Å²) in [7, 11) is -0.201. The van der Waals surface area contributed by atoms with Crippen molar-refractivity contribution in [1.29, 1.82) is 0 Å². The first-order chi connectivity index (χ1) is 5.52. The maximum absolute atomic E-state index is 11.3. The van der Waals surface area contributed by atoms with Gasteiger partial charge in [0.15, 0.2) is 0 Å². The molecule has 12 heavy (non-hydrogen) atoms. The topological polar surface area (TPSA) is 49.4 Å². The zero-order valence-corrected chi connectivity index (χ0v) is 8.13. The molecular weight excluding hydrogens is 176 g/mol. The summed E-state index contributed by atoms with van der Waals surface area (Å²) in [6.07, 6.45) is 5.58. The van der Waals surface area contributed by atoms with Gasteiger partial charge in [0.2, 0.25) is 0 Å². The fraction of sp³-hybridized carbons (Fsp3) is 0.714. The predicted molar refractivity (Wildman–Crippen MR) is 47.9 cm³/mol. The highest BCUT2D eigenvalue weighted by molar-refractivity contribution is 7.87. The van der Waals surface area contributed by atoms with E-state index in [9.17, 15) is 8.42 Å². The number of rotatable bonds is 3. The quantitative estimate of drug-likeness (QED) is 0.642. The summed E-state index contributed by atoms with van der Waals surface area (Å²) < 4.78 is 26.3. The predicted octanol–water partition coefficient (Wildman–Crippen LogP) is 0.101. The van der Waals surface area contributed by atoms with Crippen LogP contribution in [-0.2, 0) is 10.2 Å². The van der Waals surface area contributed by atoms with Gasteiger partial charge in [-0.2, -0.15) is 17.4 Å². The highest BCUT2D eigenvalue weighted by Gasteiger charge is 2.19. The van der Waals surface area contributed by atoms with Crippen molar-refractivity contribution < 1.29 is 8.42 Å². The molecule has 1 aliphatic carbocycles. The Morgan fingerprint density at radius 1 is 1.33 bits per heavy atom. The van der Waals surface area contributed by atoms with Crippen LogP contribution in [0.5, 0.6) is 0 Å². The summed E-state index contributed by atoms with van der Waals surface area (Å²) in [5, 5.41) is 0. The van der Waals surface area contributed by atoms with E-state index in [1.165, 1.54) is 18.4 Å². The molecule has 1 N–H and O–H groups in total. The molecule has 4 nitrogen and oxygen atoms in total. The van der Waals surface area contributed by atoms with Crippen molar-refractivity contribution in [2.45, 2.75) is 18.9 Å². The molecule has 0 aromatic heterocycles. The first kappa shape index (κ1) is 9.70. The van der Waals surface area contributed by atoms with Crippen LogP contribution < -0.4 is 4.72 Å². The van der Waals surface area contributed by atoms with Crippen molar-refractivity contribution in [2.24, 2.45) is 0 Å². The fourth-order valence-electron chi connectivity index (χ4n) is 1.03. The van der Waals surface area contributed by atoms with E-state index < -0.39 is 10.2 Å². The summed E-state index contributed by atoms with van der Waals surface area (Å²) in [6, 6.07) is 0.0531. The first-order valence-corrected chi connectivity index (χ1v) is 5.31. The monoisotopic (exact) mass is 190 g/mol. The molecule has 0 saturated heterocycles. The Hall–Kier alpha value is -0.390. The highest BCUT2D eigenvalue weighted by Crippen LogP contribution is 2.10. The summed E-state index contributed by atoms with van der Waals surface area (Å²) in [6.45, 7) is 0. The van der Waals surface area contributed by atoms with Gasteiger partial charge in [0, 0.05) is 20.1 Å². The highest BCUT2D eigenvalue weighted by atomic mass is 32.2. The summed E-state index contributed by atoms with van der Waals surface area (Å²) in [4.78, 5) is 0. The average Bonchev–Trinajstić information content (AvgIpc) is 2.38. The van der Waals surface area contributed by atoms with Crippen LogP contribution in [0, 0.1) is 0 Å². The Balaban J connectivity index is 2.51. The lowest BCUT2D eigenvalue weighted by atomic mass is 10.3. The van der Waals surface area contributed by atoms with Crippen molar-refractivity contribution in [2.75, 3.05) is 14.1 Å². The zero-order valence-electron chi connectivity index (χ0n) is 7.32. The normalized spacial score (nSPS) is 19.2. The minimum Gasteiger partial charge on any atom is -0.198 e. The molecule has 0 saturated carbocycles. The molecule has 0 bridgehead atoms. The number of hydrogen-bond acceptors (Lipinski definition) is 2. The molecule has 1 aliphatic rings. The van der Waals surface area contributed by atoms with E-state index >= 15 is 0 Å². The third kappa shape index (κ3) is 2.30. The van der Waals surface area contributed by atoms with Gasteiger partial charge in [-0.15, -0.1) is 0 Å². The number of nitrogens with one attached hydrogen (secondary N) is 1. The van der Waals surface area contributed by atoms with Gasteiger partial charge in [-0.25, -0.2) is 0 Å². The van der Waals surface area contributed by atoms with Gasteiger partial charge >= 0.3 is 0 Å². The van der Waals surface area contributed by atoms with Crippen molar-refractivity contribution >= 4 is 10.2 Å². The van der Waals surface area contributed by atoms with Gasteiger partial charge in [0.05, 0.1) is 0 Å². The van der Waals surface area contributed by atoms with Gasteiger partial charge in [0.25, 0.3) is 10.2 Å². The van der Waals surface area contributed by atoms with Crippen LogP contribution in [0.3, 0.4) is 0 Å². The standard InChI is InChI=1S/C7H14N2O2S/c1-9(2)12(10,11)8-7-5-3-4-6-7/h3-4,7-8H,5-6H2,1-2H3. The molecule has 5 heteroatoms. The van der Waals surface area contributed by atoms with Crippen molar-refractivity contribution in [3.8, 4) is 0 Å². The van der Waals surface area contributed by atoms with E-state index in [1.54, 1.807) is 0 Å². The summed E-state index contributed by atoms with van der Waals surface area (Å²) >= 11 is 0. The van der Waals surface area contributed by atoms with Crippen LogP contribution in [-0.4, -0.2) is 32.9 Å². The lowest BCUT2D eigenvalue weighted by Crippen LogP contribution is -2.40. The van der Waals surface area contributed by atoms with Crippen LogP contribution in [0.15, 0.2) is 12.2 Å². The second-order valence-electron chi connectivity index (χ2n) is 3.05. The van der Waals surface area contributed by atoms with Crippen LogP contribution in [0.25, 0.3) is 0 Å². The summed E-state index contributed by atoms with van der Waals surface area (Å²) in [5.74, 6) is 0. The maximum Gasteiger partial charge on any atom is 0.279 e. The van der Waals surface area contributed by atoms with Gasteiger partial charge < -0.3 is 0 Å². The lowest BCUT2D eigenvalue weighted by Gasteiger charge is -2.16. The largest absolute Gasteiger partial charge is 0.279 e. The first-order valence-electron chi connectivity index (χ1n) is 3.87. The van der Waals surface area contributed by atoms with Crippen LogP contribution in [0.1, 0.15) is 12.8 Å². The van der Waals surface area contributed by atoms with E-state index in [1.807, 2.05) is 12.2 Å². The molecule has 0 fully saturated rings. The smallest absolute Gasteiger partial charge is 0.198 e. The fourth-order valence-corrected chi connectivity index (χ4v) is 1.85. The minimum absolute atomic E-state index is 0.0531. The van der Waals surface area contributed by atoms with E-state index in [-0.39, 0.29) is 6.04 Å². The Morgan fingerprint density at radius 3 is 2.25 bits per heavy atom. The van der Waals surface area contributed by atoms with E-state index in [4.69, 9.17) is 0 Å². The molecule has 0 aliphatic heterocycles. The molecule has 0 unspecified atom stereocenters. The molecule has 1 rings (SSSR count). The Morgan fingerprint density at radius 2 is 1.83 bits per heavy atom. The zero-order chi connectivity index (χ0) is 9.19. The molecule has 0 atom stereocenters. The molecule has 0 aromatic rings. The van der Waals surface area contributed by atoms with Gasteiger partial charge in [-0.1, -0.05) is 12.2 Å². The molecule has 0 radical (unpaired) electrons. The molecule has 0 aromatic carbocycles. The van der Waals surface area contributed by atoms with Crippen molar-refractivity contribution in [3.05, 3.63) is 12.2 Å². The van der Waals surface area contributed by atoms with E-state index in [2.05, 4.69) is 4.72 Å². The number of hydrogen-bond donors (Lipinski definition) is 1. The van der Waals surface area contributed by atoms with Gasteiger partial charge in [-0.05, 0) is 12.8 Å². The van der Waals surface area contributed by atoms with Crippen molar-refractivity contribution in [1.82, 2.24) is 9.03 Å². The maximum atomic E-state index is 11.3. The van der Waals surface area contributed by atoms with E-state index in [0.29, 0.717) is 0 Å². The number of nitrogens with zero attached hydrogens (tertiary/aromatic N) is 1.